The molecule has 0 bridgehead atoms. The van der Waals surface area contributed by atoms with Gasteiger partial charge >= 0.3 is 5.97 Å². The van der Waals surface area contributed by atoms with Gasteiger partial charge < -0.3 is 10.1 Å². The first-order valence-electron chi connectivity index (χ1n) is 8.86. The minimum Gasteiger partial charge on any atom is -0.455 e. The molecule has 28 heavy (non-hydrogen) atoms. The number of benzene rings is 2. The lowest BCUT2D eigenvalue weighted by Crippen LogP contribution is -2.27. The zero-order valence-electron chi connectivity index (χ0n) is 15.8. The Bertz CT molecular complexity index is 911. The van der Waals surface area contributed by atoms with Gasteiger partial charge in [-0.25, -0.2) is 13.6 Å². The summed E-state index contributed by atoms with van der Waals surface area (Å²) in [4.78, 5) is 24.6. The maximum atomic E-state index is 12.6. The fraction of sp³-hybridized carbons (Fsp3) is 0.300. The third-order valence-corrected chi connectivity index (χ3v) is 5.37. The van der Waals surface area contributed by atoms with E-state index in [0.717, 1.165) is 12.0 Å². The quantitative estimate of drug-likeness (QED) is 0.656. The second-order valence-electron chi connectivity index (χ2n) is 6.50. The second kappa shape index (κ2) is 9.48. The van der Waals surface area contributed by atoms with Crippen molar-refractivity contribution in [2.24, 2.45) is 11.1 Å². The van der Waals surface area contributed by atoms with Gasteiger partial charge in [-0.3, -0.25) is 9.59 Å². The van der Waals surface area contributed by atoms with Crippen molar-refractivity contribution in [3.05, 3.63) is 60.2 Å². The highest BCUT2D eigenvalue weighted by molar-refractivity contribution is 7.89. The van der Waals surface area contributed by atoms with Gasteiger partial charge in [0, 0.05) is 5.69 Å². The Kier molecular flexibility index (Phi) is 7.31. The van der Waals surface area contributed by atoms with E-state index in [-0.39, 0.29) is 10.8 Å². The monoisotopic (exact) mass is 404 g/mol. The maximum absolute atomic E-state index is 12.6. The van der Waals surface area contributed by atoms with Gasteiger partial charge in [-0.1, -0.05) is 50.6 Å². The molecule has 2 atom stereocenters. The molecule has 2 rings (SSSR count). The Morgan fingerprint density at radius 1 is 1.07 bits per heavy atom. The predicted octanol–water partition coefficient (Wildman–Crippen LogP) is 2.65. The van der Waals surface area contributed by atoms with E-state index in [4.69, 9.17) is 9.88 Å². The third-order valence-electron chi connectivity index (χ3n) is 4.44. The average molecular weight is 404 g/mol. The van der Waals surface area contributed by atoms with E-state index in [0.29, 0.717) is 5.69 Å². The minimum absolute atomic E-state index is 0.0590. The number of ether oxygens (including phenoxy) is 1. The molecule has 0 aliphatic heterocycles. The summed E-state index contributed by atoms with van der Waals surface area (Å²) in [6.45, 7) is 3.52. The standard InChI is InChI=1S/C20H24N2O5S/c1-3-14(2)19(15-7-5-4-6-8-15)20(24)27-13-18(23)22-16-9-11-17(12-10-16)28(21,25)26/h4-12,14,19H,3,13H2,1-2H3,(H,22,23)(H2,21,25,26)/t14-,19-/m1/s1. The number of primary sulfonamides is 1. The molecular weight excluding hydrogens is 380 g/mol. The van der Waals surface area contributed by atoms with Gasteiger partial charge in [0.15, 0.2) is 6.61 Å². The van der Waals surface area contributed by atoms with E-state index in [1.54, 1.807) is 0 Å². The number of esters is 1. The summed E-state index contributed by atoms with van der Waals surface area (Å²) >= 11 is 0. The van der Waals surface area contributed by atoms with Crippen LogP contribution in [0.3, 0.4) is 0 Å². The van der Waals surface area contributed by atoms with Crippen molar-refractivity contribution in [3.8, 4) is 0 Å². The number of hydrogen-bond donors (Lipinski definition) is 2. The highest BCUT2D eigenvalue weighted by atomic mass is 32.2. The molecule has 0 saturated carbocycles. The molecule has 2 aromatic rings. The van der Waals surface area contributed by atoms with Crippen molar-refractivity contribution in [3.63, 3.8) is 0 Å². The van der Waals surface area contributed by atoms with Crippen LogP contribution in [0.2, 0.25) is 0 Å². The molecule has 0 aliphatic rings. The highest BCUT2D eigenvalue weighted by Crippen LogP contribution is 2.28. The van der Waals surface area contributed by atoms with Crippen molar-refractivity contribution in [1.29, 1.82) is 0 Å². The van der Waals surface area contributed by atoms with E-state index < -0.39 is 34.4 Å². The van der Waals surface area contributed by atoms with Crippen molar-refractivity contribution < 1.29 is 22.7 Å². The summed E-state index contributed by atoms with van der Waals surface area (Å²) in [5, 5.41) is 7.57. The Hall–Kier alpha value is -2.71. The number of rotatable bonds is 8. The first-order chi connectivity index (χ1) is 13.2. The number of nitrogens with two attached hydrogens (primary N) is 1. The van der Waals surface area contributed by atoms with E-state index >= 15 is 0 Å². The lowest BCUT2D eigenvalue weighted by atomic mass is 9.86. The number of anilines is 1. The number of amides is 1. The van der Waals surface area contributed by atoms with Crippen molar-refractivity contribution in [2.75, 3.05) is 11.9 Å². The van der Waals surface area contributed by atoms with Crippen molar-refractivity contribution in [2.45, 2.75) is 31.1 Å². The number of carbonyl (C=O) groups is 2. The number of sulfonamides is 1. The van der Waals surface area contributed by atoms with E-state index in [1.165, 1.54) is 24.3 Å². The molecule has 8 heteroatoms. The Morgan fingerprint density at radius 2 is 1.68 bits per heavy atom. The zero-order valence-corrected chi connectivity index (χ0v) is 16.6. The topological polar surface area (TPSA) is 116 Å². The van der Waals surface area contributed by atoms with Gasteiger partial charge in [-0.15, -0.1) is 0 Å². The summed E-state index contributed by atoms with van der Waals surface area (Å²) in [6, 6.07) is 14.7. The second-order valence-corrected chi connectivity index (χ2v) is 8.06. The van der Waals surface area contributed by atoms with Crippen LogP contribution in [0.4, 0.5) is 5.69 Å². The normalized spacial score (nSPS) is 13.4. The highest BCUT2D eigenvalue weighted by Gasteiger charge is 2.27. The average Bonchev–Trinajstić information content (AvgIpc) is 2.67. The summed E-state index contributed by atoms with van der Waals surface area (Å²) in [5.41, 5.74) is 1.22. The van der Waals surface area contributed by atoms with Crippen LogP contribution in [-0.2, 0) is 24.3 Å². The van der Waals surface area contributed by atoms with Gasteiger partial charge in [0.1, 0.15) is 0 Å². The van der Waals surface area contributed by atoms with Crippen LogP contribution in [-0.4, -0.2) is 26.9 Å². The summed E-state index contributed by atoms with van der Waals surface area (Å²) in [5.74, 6) is -1.37. The number of carbonyl (C=O) groups excluding carboxylic acids is 2. The lowest BCUT2D eigenvalue weighted by Gasteiger charge is -2.21. The summed E-state index contributed by atoms with van der Waals surface area (Å²) in [6.07, 6.45) is 0.789. The van der Waals surface area contributed by atoms with E-state index in [9.17, 15) is 18.0 Å². The van der Waals surface area contributed by atoms with Crippen LogP contribution in [0.1, 0.15) is 31.7 Å². The smallest absolute Gasteiger partial charge is 0.314 e. The molecule has 1 amide bonds. The number of hydrogen-bond acceptors (Lipinski definition) is 5. The van der Waals surface area contributed by atoms with Crippen LogP contribution < -0.4 is 10.5 Å². The van der Waals surface area contributed by atoms with Crippen LogP contribution in [0.15, 0.2) is 59.5 Å². The Morgan fingerprint density at radius 3 is 2.21 bits per heavy atom. The molecule has 3 N–H and O–H groups in total. The molecule has 0 spiro atoms. The Labute approximate surface area is 164 Å². The molecule has 0 aromatic heterocycles. The fourth-order valence-electron chi connectivity index (χ4n) is 2.74. The van der Waals surface area contributed by atoms with Crippen molar-refractivity contribution >= 4 is 27.6 Å². The maximum Gasteiger partial charge on any atom is 0.314 e. The fourth-order valence-corrected chi connectivity index (χ4v) is 3.26. The molecular formula is C20H24N2O5S. The van der Waals surface area contributed by atoms with Gasteiger partial charge in [0.25, 0.3) is 5.91 Å². The molecule has 150 valence electrons. The van der Waals surface area contributed by atoms with Crippen LogP contribution in [0.5, 0.6) is 0 Å². The molecule has 0 radical (unpaired) electrons. The van der Waals surface area contributed by atoms with E-state index in [2.05, 4.69) is 5.32 Å². The predicted molar refractivity (Wildman–Crippen MR) is 106 cm³/mol. The first kappa shape index (κ1) is 21.6. The first-order valence-corrected chi connectivity index (χ1v) is 10.4. The van der Waals surface area contributed by atoms with Crippen LogP contribution in [0.25, 0.3) is 0 Å². The molecule has 0 saturated heterocycles. The van der Waals surface area contributed by atoms with Gasteiger partial charge in [-0.05, 0) is 35.7 Å². The molecule has 2 aromatic carbocycles. The lowest BCUT2D eigenvalue weighted by molar-refractivity contribution is -0.150. The SMILES string of the molecule is CC[C@@H](C)[C@@H](C(=O)OCC(=O)Nc1ccc(S(N)(=O)=O)cc1)c1ccccc1. The van der Waals surface area contributed by atoms with Crippen molar-refractivity contribution in [1.82, 2.24) is 0 Å². The third kappa shape index (κ3) is 5.90. The van der Waals surface area contributed by atoms with Gasteiger partial charge in [0.2, 0.25) is 10.0 Å². The van der Waals surface area contributed by atoms with Crippen LogP contribution in [0, 0.1) is 5.92 Å². The molecule has 0 aliphatic carbocycles. The minimum atomic E-state index is -3.80. The molecule has 7 nitrogen and oxygen atoms in total. The zero-order chi connectivity index (χ0) is 20.7. The molecule has 0 fully saturated rings. The largest absolute Gasteiger partial charge is 0.455 e. The summed E-state index contributed by atoms with van der Waals surface area (Å²) < 4.78 is 27.7. The van der Waals surface area contributed by atoms with Gasteiger partial charge in [0.05, 0.1) is 10.8 Å². The Balaban J connectivity index is 1.97. The van der Waals surface area contributed by atoms with Crippen LogP contribution >= 0.6 is 0 Å². The number of nitrogens with one attached hydrogen (secondary N) is 1. The molecule has 0 heterocycles. The summed E-state index contributed by atoms with van der Waals surface area (Å²) in [7, 11) is -3.80. The molecule has 0 unspecified atom stereocenters. The van der Waals surface area contributed by atoms with E-state index in [1.807, 2.05) is 44.2 Å². The van der Waals surface area contributed by atoms with Gasteiger partial charge in [-0.2, -0.15) is 0 Å².